The first-order valence-electron chi connectivity index (χ1n) is 5.16. The number of benzene rings is 1. The quantitative estimate of drug-likeness (QED) is 0.381. The van der Waals surface area contributed by atoms with Crippen LogP contribution in [0.25, 0.3) is 0 Å². The Bertz CT molecular complexity index is 466. The van der Waals surface area contributed by atoms with E-state index in [0.29, 0.717) is 6.54 Å². The zero-order valence-corrected chi connectivity index (χ0v) is 10.7. The van der Waals surface area contributed by atoms with Gasteiger partial charge in [0.05, 0.1) is 11.8 Å². The van der Waals surface area contributed by atoms with Gasteiger partial charge in [-0.15, -0.1) is 0 Å². The summed E-state index contributed by atoms with van der Waals surface area (Å²) in [6.45, 7) is 6.04. The lowest BCUT2D eigenvalue weighted by Gasteiger charge is -2.06. The maximum absolute atomic E-state index is 13.2. The normalized spacial score (nSPS) is 10.4. The molecule has 3 nitrogen and oxygen atoms in total. The molecule has 0 atom stereocenters. The molecule has 0 aliphatic heterocycles. The summed E-state index contributed by atoms with van der Waals surface area (Å²) in [4.78, 5) is 0. The van der Waals surface area contributed by atoms with Crippen LogP contribution in [0.5, 0.6) is 0 Å². The minimum atomic E-state index is -0.679. The van der Waals surface area contributed by atoms with Crippen molar-refractivity contribution in [3.05, 3.63) is 47.5 Å². The van der Waals surface area contributed by atoms with E-state index in [1.54, 1.807) is 0 Å². The van der Waals surface area contributed by atoms with Gasteiger partial charge in [-0.2, -0.15) is 5.10 Å². The second-order valence-electron chi connectivity index (χ2n) is 3.65. The number of rotatable bonds is 4. The van der Waals surface area contributed by atoms with Gasteiger partial charge < -0.3 is 5.32 Å². The maximum Gasteiger partial charge on any atom is 0.187 e. The Morgan fingerprint density at radius 3 is 2.61 bits per heavy atom. The van der Waals surface area contributed by atoms with Crippen molar-refractivity contribution in [1.82, 2.24) is 10.7 Å². The molecule has 96 valence electrons. The van der Waals surface area contributed by atoms with Crippen molar-refractivity contribution in [2.75, 3.05) is 6.54 Å². The molecule has 0 heterocycles. The van der Waals surface area contributed by atoms with Crippen LogP contribution in [0.15, 0.2) is 35.5 Å². The average molecular weight is 269 g/mol. The number of nitrogens with zero attached hydrogens (tertiary/aromatic N) is 1. The fourth-order valence-corrected chi connectivity index (χ4v) is 1.19. The van der Waals surface area contributed by atoms with E-state index in [1.807, 2.05) is 6.92 Å². The molecule has 0 saturated heterocycles. The van der Waals surface area contributed by atoms with Crippen LogP contribution in [0.3, 0.4) is 0 Å². The van der Waals surface area contributed by atoms with E-state index >= 15 is 0 Å². The van der Waals surface area contributed by atoms with Crippen LogP contribution in [-0.4, -0.2) is 17.9 Å². The largest absolute Gasteiger partial charge is 0.358 e. The lowest BCUT2D eigenvalue weighted by atomic mass is 10.2. The summed E-state index contributed by atoms with van der Waals surface area (Å²) < 4.78 is 26.4. The van der Waals surface area contributed by atoms with Gasteiger partial charge in [0.2, 0.25) is 0 Å². The first-order valence-corrected chi connectivity index (χ1v) is 5.57. The van der Waals surface area contributed by atoms with Crippen LogP contribution in [-0.2, 0) is 0 Å². The second kappa shape index (κ2) is 6.80. The van der Waals surface area contributed by atoms with Crippen molar-refractivity contribution in [2.45, 2.75) is 6.92 Å². The molecule has 0 unspecified atom stereocenters. The summed E-state index contributed by atoms with van der Waals surface area (Å²) in [6.07, 6.45) is 1.04. The molecule has 6 heteroatoms. The van der Waals surface area contributed by atoms with E-state index in [4.69, 9.17) is 12.2 Å². The number of thiocarbonyl (C=S) groups is 1. The third-order valence-electron chi connectivity index (χ3n) is 1.91. The molecule has 0 aliphatic rings. The molecule has 0 amide bonds. The van der Waals surface area contributed by atoms with Gasteiger partial charge in [-0.05, 0) is 31.3 Å². The second-order valence-corrected chi connectivity index (χ2v) is 4.05. The third-order valence-corrected chi connectivity index (χ3v) is 2.15. The Hall–Kier alpha value is -1.82. The molecule has 0 radical (unpaired) electrons. The highest BCUT2D eigenvalue weighted by Gasteiger charge is 2.04. The molecule has 0 fully saturated rings. The number of nitrogens with one attached hydrogen (secondary N) is 2. The average Bonchev–Trinajstić information content (AvgIpc) is 2.30. The zero-order chi connectivity index (χ0) is 13.5. The lowest BCUT2D eigenvalue weighted by molar-refractivity contribution is 0.580. The Morgan fingerprint density at radius 1 is 1.44 bits per heavy atom. The Labute approximate surface area is 110 Å². The number of hydrogen-bond acceptors (Lipinski definition) is 2. The third kappa shape index (κ3) is 4.58. The Balaban J connectivity index is 2.55. The smallest absolute Gasteiger partial charge is 0.187 e. The van der Waals surface area contributed by atoms with Crippen molar-refractivity contribution in [2.24, 2.45) is 5.10 Å². The Morgan fingerprint density at radius 2 is 2.06 bits per heavy atom. The van der Waals surface area contributed by atoms with Gasteiger partial charge in [-0.3, -0.25) is 5.43 Å². The van der Waals surface area contributed by atoms with Crippen molar-refractivity contribution < 1.29 is 8.78 Å². The van der Waals surface area contributed by atoms with Gasteiger partial charge in [0.25, 0.3) is 0 Å². The Kier molecular flexibility index (Phi) is 5.38. The van der Waals surface area contributed by atoms with Crippen LogP contribution >= 0.6 is 12.2 Å². The lowest BCUT2D eigenvalue weighted by Crippen LogP contribution is -2.33. The topological polar surface area (TPSA) is 36.4 Å². The van der Waals surface area contributed by atoms with Gasteiger partial charge in [0.1, 0.15) is 11.6 Å². The van der Waals surface area contributed by atoms with E-state index in [1.165, 1.54) is 6.07 Å². The summed E-state index contributed by atoms with van der Waals surface area (Å²) in [5, 5.41) is 6.73. The summed E-state index contributed by atoms with van der Waals surface area (Å²) in [5.74, 6) is -1.36. The van der Waals surface area contributed by atoms with E-state index in [0.717, 1.165) is 23.9 Å². The van der Waals surface area contributed by atoms with Gasteiger partial charge in [0, 0.05) is 6.54 Å². The number of halogens is 2. The summed E-state index contributed by atoms with van der Waals surface area (Å²) in [6, 6.07) is 3.60. The molecule has 2 N–H and O–H groups in total. The standard InChI is InChI=1S/C12H13F2N3S/c1-8(2)6-15-12(18)17-16-7-9-10(13)4-3-5-11(9)14/h3-5,7H,1,6H2,2H3,(H2,15,17,18)/b16-7+. The molecule has 0 saturated carbocycles. The van der Waals surface area contributed by atoms with Crippen LogP contribution in [0.1, 0.15) is 12.5 Å². The van der Waals surface area contributed by atoms with Crippen molar-refractivity contribution in [3.8, 4) is 0 Å². The fourth-order valence-electron chi connectivity index (χ4n) is 1.06. The highest BCUT2D eigenvalue weighted by molar-refractivity contribution is 7.80. The highest BCUT2D eigenvalue weighted by Crippen LogP contribution is 2.08. The van der Waals surface area contributed by atoms with Gasteiger partial charge >= 0.3 is 0 Å². The fraction of sp³-hybridized carbons (Fsp3) is 0.167. The van der Waals surface area contributed by atoms with Crippen LogP contribution in [0.4, 0.5) is 8.78 Å². The van der Waals surface area contributed by atoms with Crippen LogP contribution in [0.2, 0.25) is 0 Å². The molecule has 18 heavy (non-hydrogen) atoms. The number of hydrogen-bond donors (Lipinski definition) is 2. The van der Waals surface area contributed by atoms with Gasteiger partial charge in [-0.25, -0.2) is 8.78 Å². The molecular weight excluding hydrogens is 256 g/mol. The molecule has 0 aromatic heterocycles. The minimum Gasteiger partial charge on any atom is -0.358 e. The maximum atomic E-state index is 13.2. The summed E-state index contributed by atoms with van der Waals surface area (Å²) in [7, 11) is 0. The van der Waals surface area contributed by atoms with E-state index in [2.05, 4.69) is 22.4 Å². The predicted molar refractivity (Wildman–Crippen MR) is 72.5 cm³/mol. The van der Waals surface area contributed by atoms with E-state index < -0.39 is 11.6 Å². The van der Waals surface area contributed by atoms with Gasteiger partial charge in [0.15, 0.2) is 5.11 Å². The molecule has 1 aromatic rings. The van der Waals surface area contributed by atoms with Crippen molar-refractivity contribution >= 4 is 23.5 Å². The predicted octanol–water partition coefficient (Wildman–Crippen LogP) is 2.34. The molecule has 0 aliphatic carbocycles. The highest BCUT2D eigenvalue weighted by atomic mass is 32.1. The van der Waals surface area contributed by atoms with Gasteiger partial charge in [-0.1, -0.05) is 18.2 Å². The molecule has 0 spiro atoms. The monoisotopic (exact) mass is 269 g/mol. The zero-order valence-electron chi connectivity index (χ0n) is 9.84. The van der Waals surface area contributed by atoms with E-state index in [9.17, 15) is 8.78 Å². The first-order chi connectivity index (χ1) is 8.50. The van der Waals surface area contributed by atoms with E-state index in [-0.39, 0.29) is 10.7 Å². The summed E-state index contributed by atoms with van der Waals surface area (Å²) in [5.41, 5.74) is 3.15. The molecule has 0 bridgehead atoms. The first kappa shape index (κ1) is 14.2. The number of hydrazone groups is 1. The van der Waals surface area contributed by atoms with Crippen LogP contribution < -0.4 is 10.7 Å². The minimum absolute atomic E-state index is 0.215. The van der Waals surface area contributed by atoms with Crippen LogP contribution in [0, 0.1) is 11.6 Å². The summed E-state index contributed by atoms with van der Waals surface area (Å²) >= 11 is 4.89. The van der Waals surface area contributed by atoms with Crippen molar-refractivity contribution in [1.29, 1.82) is 0 Å². The molecule has 1 rings (SSSR count). The SMILES string of the molecule is C=C(C)CNC(=S)N/N=C/c1c(F)cccc1F. The van der Waals surface area contributed by atoms with Crippen molar-refractivity contribution in [3.63, 3.8) is 0 Å². The molecule has 1 aromatic carbocycles. The molecular formula is C12H13F2N3S.